The van der Waals surface area contributed by atoms with Gasteiger partial charge in [0, 0.05) is 16.3 Å². The standard InChI is InChI=1S/C35H25ClN4O3S/c1-21-28(32(41)38-25-12-6-3-7-13-25)30(23-10-4-2-5-11-23)40-34(43)31(44-35(40)37-21)29-26-14-8-9-15-27(26)39(33(29)42)20-22-16-18-24(36)19-17-22/h2-19,30H,20H2,1H3,(H,38,41)/b31-29+/t30-/m1/s1. The Bertz CT molecular complexity index is 2150. The maximum Gasteiger partial charge on any atom is 0.271 e. The molecule has 1 aromatic heterocycles. The number of allylic oxidation sites excluding steroid dienone is 1. The Hall–Kier alpha value is -5.05. The number of nitrogens with one attached hydrogen (secondary N) is 1. The first-order valence-corrected chi connectivity index (χ1v) is 15.2. The van der Waals surface area contributed by atoms with Gasteiger partial charge < -0.3 is 10.2 Å². The van der Waals surface area contributed by atoms with E-state index in [0.29, 0.717) is 49.0 Å². The molecule has 2 aliphatic heterocycles. The molecule has 1 atom stereocenters. The van der Waals surface area contributed by atoms with Gasteiger partial charge in [-0.3, -0.25) is 19.0 Å². The number of carbonyl (C=O) groups excluding carboxylic acids is 2. The van der Waals surface area contributed by atoms with Gasteiger partial charge in [0.1, 0.15) is 4.53 Å². The Morgan fingerprint density at radius 2 is 1.55 bits per heavy atom. The molecule has 0 radical (unpaired) electrons. The molecule has 0 bridgehead atoms. The van der Waals surface area contributed by atoms with Gasteiger partial charge in [-0.25, -0.2) is 4.99 Å². The first kappa shape index (κ1) is 27.8. The third-order valence-corrected chi connectivity index (χ3v) is 9.10. The molecule has 0 spiro atoms. The molecule has 0 saturated carbocycles. The monoisotopic (exact) mass is 616 g/mol. The summed E-state index contributed by atoms with van der Waals surface area (Å²) in [6.07, 6.45) is 0. The fourth-order valence-corrected chi connectivity index (χ4v) is 7.02. The Labute approximate surface area is 261 Å². The minimum atomic E-state index is -0.734. The van der Waals surface area contributed by atoms with E-state index in [0.717, 1.165) is 16.8 Å². The van der Waals surface area contributed by atoms with E-state index in [1.165, 1.54) is 11.3 Å². The van der Waals surface area contributed by atoms with E-state index in [4.69, 9.17) is 16.6 Å². The minimum absolute atomic E-state index is 0.263. The van der Waals surface area contributed by atoms with Gasteiger partial charge in [0.15, 0.2) is 4.80 Å². The molecule has 0 fully saturated rings. The lowest BCUT2D eigenvalue weighted by Crippen LogP contribution is -2.41. The van der Waals surface area contributed by atoms with E-state index in [2.05, 4.69) is 5.32 Å². The van der Waals surface area contributed by atoms with Crippen molar-refractivity contribution in [1.29, 1.82) is 0 Å². The number of thiazole rings is 1. The van der Waals surface area contributed by atoms with Crippen molar-refractivity contribution in [3.63, 3.8) is 0 Å². The molecule has 216 valence electrons. The lowest BCUT2D eigenvalue weighted by atomic mass is 9.95. The van der Waals surface area contributed by atoms with Gasteiger partial charge in [0.05, 0.1) is 35.1 Å². The molecule has 0 saturated heterocycles. The van der Waals surface area contributed by atoms with Gasteiger partial charge in [-0.2, -0.15) is 0 Å². The van der Waals surface area contributed by atoms with Crippen LogP contribution in [0.1, 0.15) is 29.7 Å². The Morgan fingerprint density at radius 1 is 0.886 bits per heavy atom. The second-order valence-corrected chi connectivity index (χ2v) is 12.0. The quantitative estimate of drug-likeness (QED) is 0.285. The number of anilines is 2. The Morgan fingerprint density at radius 3 is 2.27 bits per heavy atom. The van der Waals surface area contributed by atoms with E-state index in [1.54, 1.807) is 40.7 Å². The van der Waals surface area contributed by atoms with Crippen LogP contribution in [0.25, 0.3) is 5.57 Å². The van der Waals surface area contributed by atoms with Gasteiger partial charge in [-0.1, -0.05) is 102 Å². The molecule has 4 aromatic carbocycles. The number of amides is 2. The number of rotatable bonds is 5. The average Bonchev–Trinajstić information content (AvgIpc) is 3.50. The van der Waals surface area contributed by atoms with Gasteiger partial charge in [-0.05, 0) is 48.4 Å². The van der Waals surface area contributed by atoms with Crippen LogP contribution in [0.15, 0.2) is 130 Å². The fourth-order valence-electron chi connectivity index (χ4n) is 5.76. The molecule has 7 rings (SSSR count). The summed E-state index contributed by atoms with van der Waals surface area (Å²) in [7, 11) is 0. The molecule has 2 amide bonds. The molecule has 44 heavy (non-hydrogen) atoms. The number of aromatic nitrogens is 1. The predicted molar refractivity (Wildman–Crippen MR) is 173 cm³/mol. The van der Waals surface area contributed by atoms with Crippen LogP contribution in [0.5, 0.6) is 0 Å². The molecule has 3 heterocycles. The number of benzene rings is 4. The van der Waals surface area contributed by atoms with Crippen LogP contribution in [0.2, 0.25) is 5.02 Å². The molecule has 0 unspecified atom stereocenters. The number of halogens is 1. The van der Waals surface area contributed by atoms with Crippen LogP contribution in [0.4, 0.5) is 11.4 Å². The summed E-state index contributed by atoms with van der Waals surface area (Å²) < 4.78 is 1.84. The van der Waals surface area contributed by atoms with Gasteiger partial charge in [-0.15, -0.1) is 0 Å². The van der Waals surface area contributed by atoms with Crippen molar-refractivity contribution in [2.24, 2.45) is 4.99 Å². The average molecular weight is 617 g/mol. The molecule has 7 nitrogen and oxygen atoms in total. The largest absolute Gasteiger partial charge is 0.322 e. The zero-order valence-corrected chi connectivity index (χ0v) is 25.1. The summed E-state index contributed by atoms with van der Waals surface area (Å²) in [6, 6.07) is 32.7. The van der Waals surface area contributed by atoms with Crippen LogP contribution < -0.4 is 25.1 Å². The third-order valence-electron chi connectivity index (χ3n) is 7.79. The van der Waals surface area contributed by atoms with Crippen molar-refractivity contribution in [2.75, 3.05) is 10.2 Å². The molecule has 9 heteroatoms. The maximum atomic E-state index is 14.4. The van der Waals surface area contributed by atoms with Crippen molar-refractivity contribution in [1.82, 2.24) is 4.57 Å². The van der Waals surface area contributed by atoms with E-state index < -0.39 is 6.04 Å². The van der Waals surface area contributed by atoms with Crippen molar-refractivity contribution in [3.8, 4) is 0 Å². The van der Waals surface area contributed by atoms with Gasteiger partial charge in [0.25, 0.3) is 17.4 Å². The number of para-hydroxylation sites is 2. The highest BCUT2D eigenvalue weighted by molar-refractivity contribution is 7.07. The second kappa shape index (κ2) is 11.2. The first-order valence-electron chi connectivity index (χ1n) is 14.0. The summed E-state index contributed by atoms with van der Waals surface area (Å²) in [6.45, 7) is 2.10. The summed E-state index contributed by atoms with van der Waals surface area (Å²) in [5, 5.41) is 3.58. The van der Waals surface area contributed by atoms with Crippen LogP contribution in [0, 0.1) is 0 Å². The molecular weight excluding hydrogens is 592 g/mol. The Kier molecular flexibility index (Phi) is 7.08. The molecule has 2 aliphatic rings. The van der Waals surface area contributed by atoms with Crippen LogP contribution in [-0.4, -0.2) is 16.4 Å². The minimum Gasteiger partial charge on any atom is -0.322 e. The molecular formula is C35H25ClN4O3S. The van der Waals surface area contributed by atoms with Gasteiger partial charge in [0.2, 0.25) is 0 Å². The lowest BCUT2D eigenvalue weighted by Gasteiger charge is -2.25. The summed E-state index contributed by atoms with van der Waals surface area (Å²) in [5.41, 5.74) is 4.57. The SMILES string of the molecule is CC1=C(C(=O)Nc2ccccc2)[C@@H](c2ccccc2)n2c(s/c(=C3/C(=O)N(Cc4ccc(Cl)cc4)c4ccccc43)c2=O)=N1. The van der Waals surface area contributed by atoms with E-state index in [9.17, 15) is 14.4 Å². The van der Waals surface area contributed by atoms with Crippen LogP contribution >= 0.6 is 22.9 Å². The zero-order valence-electron chi connectivity index (χ0n) is 23.5. The van der Waals surface area contributed by atoms with Gasteiger partial charge >= 0.3 is 0 Å². The first-order chi connectivity index (χ1) is 21.4. The lowest BCUT2D eigenvalue weighted by molar-refractivity contribution is -0.114. The summed E-state index contributed by atoms with van der Waals surface area (Å²) in [5.74, 6) is -0.610. The fraction of sp³-hybridized carbons (Fsp3) is 0.0857. The molecule has 0 aliphatic carbocycles. The highest BCUT2D eigenvalue weighted by Crippen LogP contribution is 2.37. The predicted octanol–water partition coefficient (Wildman–Crippen LogP) is 5.44. The van der Waals surface area contributed by atoms with Crippen LogP contribution in [0.3, 0.4) is 0 Å². The summed E-state index contributed by atoms with van der Waals surface area (Å²) >= 11 is 7.26. The van der Waals surface area contributed by atoms with E-state index >= 15 is 0 Å². The zero-order chi connectivity index (χ0) is 30.4. The smallest absolute Gasteiger partial charge is 0.271 e. The summed E-state index contributed by atoms with van der Waals surface area (Å²) in [4.78, 5) is 49.2. The van der Waals surface area contributed by atoms with Crippen molar-refractivity contribution in [3.05, 3.63) is 162 Å². The highest BCUT2D eigenvalue weighted by atomic mass is 35.5. The van der Waals surface area contributed by atoms with Crippen molar-refractivity contribution < 1.29 is 9.59 Å². The normalized spacial score (nSPS) is 16.8. The topological polar surface area (TPSA) is 83.8 Å². The van der Waals surface area contributed by atoms with Crippen LogP contribution in [-0.2, 0) is 16.1 Å². The van der Waals surface area contributed by atoms with E-state index in [1.807, 2.05) is 84.9 Å². The molecule has 1 N–H and O–H groups in total. The number of nitrogens with zero attached hydrogens (tertiary/aromatic N) is 3. The number of carbonyl (C=O) groups is 2. The Balaban J connectivity index is 1.39. The van der Waals surface area contributed by atoms with Crippen molar-refractivity contribution >= 4 is 51.7 Å². The van der Waals surface area contributed by atoms with E-state index in [-0.39, 0.29) is 17.4 Å². The number of fused-ring (bicyclic) bond motifs is 2. The highest BCUT2D eigenvalue weighted by Gasteiger charge is 2.37. The number of hydrogen-bond donors (Lipinski definition) is 1. The van der Waals surface area contributed by atoms with Crippen molar-refractivity contribution in [2.45, 2.75) is 19.5 Å². The molecule has 5 aromatic rings. The number of hydrogen-bond acceptors (Lipinski definition) is 5. The third kappa shape index (κ3) is 4.78. The maximum absolute atomic E-state index is 14.4. The second-order valence-electron chi connectivity index (χ2n) is 10.5.